The summed E-state index contributed by atoms with van der Waals surface area (Å²) in [4.78, 5) is 11.4. The van der Waals surface area contributed by atoms with E-state index in [9.17, 15) is 4.79 Å². The molecule has 2 rings (SSSR count). The number of nitrogens with zero attached hydrogens (tertiary/aromatic N) is 2. The van der Waals surface area contributed by atoms with E-state index in [2.05, 4.69) is 6.07 Å². The SMILES string of the molecule is CCC(=O)Cn1ccc2c(C#N)cccc21. The minimum Gasteiger partial charge on any atom is -0.340 e. The quantitative estimate of drug-likeness (QED) is 0.784. The fraction of sp³-hybridized carbons (Fsp3) is 0.231. The van der Waals surface area contributed by atoms with E-state index in [1.165, 1.54) is 0 Å². The Morgan fingerprint density at radius 2 is 2.25 bits per heavy atom. The molecule has 0 spiro atoms. The molecule has 0 unspecified atom stereocenters. The number of benzene rings is 1. The summed E-state index contributed by atoms with van der Waals surface area (Å²) >= 11 is 0. The fourth-order valence-corrected chi connectivity index (χ4v) is 1.76. The maximum Gasteiger partial charge on any atom is 0.152 e. The highest BCUT2D eigenvalue weighted by Gasteiger charge is 2.07. The highest BCUT2D eigenvalue weighted by atomic mass is 16.1. The van der Waals surface area contributed by atoms with Crippen LogP contribution < -0.4 is 0 Å². The van der Waals surface area contributed by atoms with E-state index in [0.29, 0.717) is 18.5 Å². The largest absolute Gasteiger partial charge is 0.340 e. The zero-order valence-corrected chi connectivity index (χ0v) is 9.10. The van der Waals surface area contributed by atoms with Gasteiger partial charge < -0.3 is 4.57 Å². The zero-order chi connectivity index (χ0) is 11.5. The van der Waals surface area contributed by atoms with Crippen LogP contribution in [-0.2, 0) is 11.3 Å². The first-order chi connectivity index (χ1) is 7.76. The maximum atomic E-state index is 11.4. The average molecular weight is 212 g/mol. The molecule has 1 aromatic carbocycles. The van der Waals surface area contributed by atoms with E-state index in [4.69, 9.17) is 5.26 Å². The third kappa shape index (κ3) is 1.70. The Kier molecular flexibility index (Phi) is 2.74. The molecule has 80 valence electrons. The van der Waals surface area contributed by atoms with E-state index in [-0.39, 0.29) is 5.78 Å². The van der Waals surface area contributed by atoms with E-state index in [0.717, 1.165) is 10.9 Å². The third-order valence-corrected chi connectivity index (χ3v) is 2.68. The van der Waals surface area contributed by atoms with Crippen LogP contribution in [0.4, 0.5) is 0 Å². The van der Waals surface area contributed by atoms with E-state index < -0.39 is 0 Å². The second kappa shape index (κ2) is 4.19. The first-order valence-corrected chi connectivity index (χ1v) is 5.26. The Labute approximate surface area is 93.9 Å². The summed E-state index contributed by atoms with van der Waals surface area (Å²) in [7, 11) is 0. The summed E-state index contributed by atoms with van der Waals surface area (Å²) in [5.41, 5.74) is 1.60. The molecule has 0 aliphatic heterocycles. The van der Waals surface area contributed by atoms with Gasteiger partial charge in [-0.05, 0) is 18.2 Å². The Morgan fingerprint density at radius 1 is 1.44 bits per heavy atom. The lowest BCUT2D eigenvalue weighted by Gasteiger charge is -2.03. The van der Waals surface area contributed by atoms with Gasteiger partial charge in [0.15, 0.2) is 5.78 Å². The fourth-order valence-electron chi connectivity index (χ4n) is 1.76. The highest BCUT2D eigenvalue weighted by molar-refractivity contribution is 5.87. The summed E-state index contributed by atoms with van der Waals surface area (Å²) in [5.74, 6) is 0.194. The van der Waals surface area contributed by atoms with Crippen LogP contribution in [0.25, 0.3) is 10.9 Å². The molecule has 0 fully saturated rings. The minimum atomic E-state index is 0.194. The van der Waals surface area contributed by atoms with Crippen LogP contribution in [0.1, 0.15) is 18.9 Å². The van der Waals surface area contributed by atoms with Gasteiger partial charge in [-0.2, -0.15) is 5.26 Å². The maximum absolute atomic E-state index is 11.4. The molecule has 16 heavy (non-hydrogen) atoms. The van der Waals surface area contributed by atoms with Crippen molar-refractivity contribution in [2.45, 2.75) is 19.9 Å². The topological polar surface area (TPSA) is 45.8 Å². The molecule has 0 bridgehead atoms. The molecule has 0 saturated heterocycles. The van der Waals surface area contributed by atoms with Gasteiger partial charge in [-0.15, -0.1) is 0 Å². The molecule has 1 aromatic heterocycles. The van der Waals surface area contributed by atoms with Crippen LogP contribution in [0.15, 0.2) is 30.5 Å². The van der Waals surface area contributed by atoms with Crippen molar-refractivity contribution in [1.29, 1.82) is 5.26 Å². The molecular formula is C13H12N2O. The lowest BCUT2D eigenvalue weighted by Crippen LogP contribution is -2.07. The molecule has 0 aliphatic rings. The van der Waals surface area contributed by atoms with Gasteiger partial charge in [0, 0.05) is 23.5 Å². The van der Waals surface area contributed by atoms with Gasteiger partial charge in [0.25, 0.3) is 0 Å². The summed E-state index contributed by atoms with van der Waals surface area (Å²) in [6.45, 7) is 2.24. The monoisotopic (exact) mass is 212 g/mol. The number of aromatic nitrogens is 1. The summed E-state index contributed by atoms with van der Waals surface area (Å²) in [5, 5.41) is 9.86. The van der Waals surface area contributed by atoms with Crippen molar-refractivity contribution in [3.05, 3.63) is 36.0 Å². The minimum absolute atomic E-state index is 0.194. The van der Waals surface area contributed by atoms with Crippen LogP contribution in [0.5, 0.6) is 0 Å². The van der Waals surface area contributed by atoms with Crippen LogP contribution in [0.2, 0.25) is 0 Å². The van der Waals surface area contributed by atoms with Gasteiger partial charge >= 0.3 is 0 Å². The van der Waals surface area contributed by atoms with Crippen LogP contribution in [0, 0.1) is 11.3 Å². The second-order valence-electron chi connectivity index (χ2n) is 3.69. The van der Waals surface area contributed by atoms with Gasteiger partial charge in [0.05, 0.1) is 18.2 Å². The summed E-state index contributed by atoms with van der Waals surface area (Å²) in [6.07, 6.45) is 2.40. The van der Waals surface area contributed by atoms with Crippen molar-refractivity contribution in [3.63, 3.8) is 0 Å². The molecule has 3 heteroatoms. The van der Waals surface area contributed by atoms with Gasteiger partial charge in [0.2, 0.25) is 0 Å². The number of hydrogen-bond acceptors (Lipinski definition) is 2. The number of carbonyl (C=O) groups is 1. The van der Waals surface area contributed by atoms with Crippen molar-refractivity contribution in [2.24, 2.45) is 0 Å². The van der Waals surface area contributed by atoms with Crippen LogP contribution in [0.3, 0.4) is 0 Å². The molecule has 0 N–H and O–H groups in total. The van der Waals surface area contributed by atoms with E-state index >= 15 is 0 Å². The Bertz CT molecular complexity index is 575. The van der Waals surface area contributed by atoms with E-state index in [1.807, 2.05) is 35.9 Å². The predicted molar refractivity (Wildman–Crippen MR) is 62.0 cm³/mol. The number of Topliss-reactive ketones (excluding diaryl/α,β-unsaturated/α-hetero) is 1. The smallest absolute Gasteiger partial charge is 0.152 e. The molecule has 0 amide bonds. The lowest BCUT2D eigenvalue weighted by atomic mass is 10.1. The lowest BCUT2D eigenvalue weighted by molar-refractivity contribution is -0.119. The Morgan fingerprint density at radius 3 is 2.94 bits per heavy atom. The Hall–Kier alpha value is -2.08. The molecular weight excluding hydrogens is 200 g/mol. The second-order valence-corrected chi connectivity index (χ2v) is 3.69. The van der Waals surface area contributed by atoms with Crippen molar-refractivity contribution >= 4 is 16.7 Å². The molecule has 1 heterocycles. The highest BCUT2D eigenvalue weighted by Crippen LogP contribution is 2.19. The third-order valence-electron chi connectivity index (χ3n) is 2.68. The molecule has 0 radical (unpaired) electrons. The first kappa shape index (κ1) is 10.4. The number of fused-ring (bicyclic) bond motifs is 1. The molecule has 2 aromatic rings. The molecule has 0 atom stereocenters. The van der Waals surface area contributed by atoms with E-state index in [1.54, 1.807) is 6.07 Å². The van der Waals surface area contributed by atoms with Crippen molar-refractivity contribution < 1.29 is 4.79 Å². The van der Waals surface area contributed by atoms with Gasteiger partial charge in [-0.25, -0.2) is 0 Å². The van der Waals surface area contributed by atoms with Crippen LogP contribution in [-0.4, -0.2) is 10.4 Å². The summed E-state index contributed by atoms with van der Waals surface area (Å²) in [6, 6.07) is 9.59. The number of nitriles is 1. The molecule has 0 aliphatic carbocycles. The van der Waals surface area contributed by atoms with Crippen LogP contribution >= 0.6 is 0 Å². The number of ketones is 1. The average Bonchev–Trinajstić information content (AvgIpc) is 2.72. The summed E-state index contributed by atoms with van der Waals surface area (Å²) < 4.78 is 1.89. The molecule has 0 saturated carbocycles. The van der Waals surface area contributed by atoms with Gasteiger partial charge in [-0.1, -0.05) is 13.0 Å². The van der Waals surface area contributed by atoms with Crippen molar-refractivity contribution in [2.75, 3.05) is 0 Å². The standard InChI is InChI=1S/C13H12N2O/c1-2-11(16)9-15-7-6-12-10(8-14)4-3-5-13(12)15/h3-7H,2,9H2,1H3. The number of carbonyl (C=O) groups excluding carboxylic acids is 1. The van der Waals surface area contributed by atoms with Crippen molar-refractivity contribution in [1.82, 2.24) is 4.57 Å². The normalized spacial score (nSPS) is 10.2. The number of hydrogen-bond donors (Lipinski definition) is 0. The van der Waals surface area contributed by atoms with Gasteiger partial charge in [-0.3, -0.25) is 4.79 Å². The molecule has 3 nitrogen and oxygen atoms in total. The Balaban J connectivity index is 2.50. The van der Waals surface area contributed by atoms with Gasteiger partial charge in [0.1, 0.15) is 0 Å². The predicted octanol–water partition coefficient (Wildman–Crippen LogP) is 2.49. The first-order valence-electron chi connectivity index (χ1n) is 5.26. The van der Waals surface area contributed by atoms with Crippen molar-refractivity contribution in [3.8, 4) is 6.07 Å². The number of rotatable bonds is 3. The zero-order valence-electron chi connectivity index (χ0n) is 9.10.